The second kappa shape index (κ2) is 3.65. The summed E-state index contributed by atoms with van der Waals surface area (Å²) in [5.41, 5.74) is 11.8. The van der Waals surface area contributed by atoms with Crippen molar-refractivity contribution in [3.05, 3.63) is 16.1 Å². The van der Waals surface area contributed by atoms with Crippen LogP contribution in [-0.2, 0) is 13.0 Å². The molecule has 4 N–H and O–H groups in total. The van der Waals surface area contributed by atoms with Crippen molar-refractivity contribution >= 4 is 11.3 Å². The highest BCUT2D eigenvalue weighted by atomic mass is 32.1. The molecule has 1 rings (SSSR count). The first-order chi connectivity index (χ1) is 4.86. The van der Waals surface area contributed by atoms with Gasteiger partial charge >= 0.3 is 0 Å². The molecular weight excluding hydrogens is 146 g/mol. The van der Waals surface area contributed by atoms with Crippen molar-refractivity contribution in [1.82, 2.24) is 4.98 Å². The summed E-state index contributed by atoms with van der Waals surface area (Å²) in [6.45, 7) is 1.20. The smallest absolute Gasteiger partial charge is 0.106 e. The Labute approximate surface area is 64.1 Å². The summed E-state index contributed by atoms with van der Waals surface area (Å²) in [6.07, 6.45) is 0.858. The molecule has 3 nitrogen and oxygen atoms in total. The molecule has 0 amide bonds. The Balaban J connectivity index is 2.59. The largest absolute Gasteiger partial charge is 0.330 e. The van der Waals surface area contributed by atoms with E-state index in [-0.39, 0.29) is 0 Å². The molecule has 0 aromatic carbocycles. The molecule has 1 aromatic rings. The number of nitrogens with two attached hydrogens (primary N) is 2. The van der Waals surface area contributed by atoms with Crippen LogP contribution in [0, 0.1) is 0 Å². The van der Waals surface area contributed by atoms with E-state index in [1.54, 1.807) is 11.3 Å². The second-order valence-corrected chi connectivity index (χ2v) is 2.92. The fourth-order valence-corrected chi connectivity index (χ4v) is 1.41. The topological polar surface area (TPSA) is 64.9 Å². The predicted molar refractivity (Wildman–Crippen MR) is 42.8 cm³/mol. The van der Waals surface area contributed by atoms with Crippen LogP contribution in [0.5, 0.6) is 0 Å². The van der Waals surface area contributed by atoms with Crippen LogP contribution in [0.4, 0.5) is 0 Å². The van der Waals surface area contributed by atoms with E-state index < -0.39 is 0 Å². The third kappa shape index (κ3) is 1.76. The van der Waals surface area contributed by atoms with Crippen LogP contribution in [0.15, 0.2) is 5.38 Å². The maximum atomic E-state index is 5.38. The SMILES string of the molecule is NCCc1csc(CN)n1. The van der Waals surface area contributed by atoms with Crippen LogP contribution in [0.3, 0.4) is 0 Å². The molecule has 0 fully saturated rings. The Morgan fingerprint density at radius 2 is 2.30 bits per heavy atom. The van der Waals surface area contributed by atoms with Crippen molar-refractivity contribution < 1.29 is 0 Å². The van der Waals surface area contributed by atoms with E-state index in [0.717, 1.165) is 17.1 Å². The maximum absolute atomic E-state index is 5.38. The van der Waals surface area contributed by atoms with E-state index in [2.05, 4.69) is 4.98 Å². The average Bonchev–Trinajstić information content (AvgIpc) is 2.37. The van der Waals surface area contributed by atoms with Gasteiger partial charge in [0, 0.05) is 18.3 Å². The Hall–Kier alpha value is -0.450. The Morgan fingerprint density at radius 1 is 1.50 bits per heavy atom. The van der Waals surface area contributed by atoms with Crippen LogP contribution in [0.2, 0.25) is 0 Å². The Kier molecular flexibility index (Phi) is 2.80. The van der Waals surface area contributed by atoms with Crippen molar-refractivity contribution in [2.75, 3.05) is 6.54 Å². The summed E-state index contributed by atoms with van der Waals surface area (Å²) >= 11 is 1.60. The van der Waals surface area contributed by atoms with Gasteiger partial charge in [-0.2, -0.15) is 0 Å². The molecule has 0 bridgehead atoms. The number of nitrogens with zero attached hydrogens (tertiary/aromatic N) is 1. The summed E-state index contributed by atoms with van der Waals surface area (Å²) in [5, 5.41) is 3.00. The first-order valence-corrected chi connectivity index (χ1v) is 4.08. The fourth-order valence-electron chi connectivity index (χ4n) is 0.705. The van der Waals surface area contributed by atoms with E-state index >= 15 is 0 Å². The molecule has 1 heterocycles. The van der Waals surface area contributed by atoms with Crippen molar-refractivity contribution in [3.8, 4) is 0 Å². The van der Waals surface area contributed by atoms with Gasteiger partial charge in [0.2, 0.25) is 0 Å². The lowest BCUT2D eigenvalue weighted by molar-refractivity contribution is 0.913. The van der Waals surface area contributed by atoms with Crippen LogP contribution in [0.1, 0.15) is 10.7 Å². The van der Waals surface area contributed by atoms with Gasteiger partial charge in [0.1, 0.15) is 5.01 Å². The van der Waals surface area contributed by atoms with Gasteiger partial charge in [0.25, 0.3) is 0 Å². The first kappa shape index (κ1) is 7.65. The second-order valence-electron chi connectivity index (χ2n) is 1.98. The quantitative estimate of drug-likeness (QED) is 0.654. The van der Waals surface area contributed by atoms with E-state index in [9.17, 15) is 0 Å². The van der Waals surface area contributed by atoms with Crippen LogP contribution < -0.4 is 11.5 Å². The predicted octanol–water partition coefficient (Wildman–Crippen LogP) is 0.103. The van der Waals surface area contributed by atoms with E-state index in [1.165, 1.54) is 0 Å². The highest BCUT2D eigenvalue weighted by Gasteiger charge is 1.97. The minimum atomic E-state index is 0.537. The van der Waals surface area contributed by atoms with Crippen molar-refractivity contribution in [3.63, 3.8) is 0 Å². The third-order valence-electron chi connectivity index (χ3n) is 1.17. The van der Waals surface area contributed by atoms with Crippen molar-refractivity contribution in [2.24, 2.45) is 11.5 Å². The van der Waals surface area contributed by atoms with Gasteiger partial charge in [0.05, 0.1) is 5.69 Å². The van der Waals surface area contributed by atoms with Gasteiger partial charge in [-0.3, -0.25) is 0 Å². The van der Waals surface area contributed by atoms with E-state index in [4.69, 9.17) is 11.5 Å². The number of hydrogen-bond donors (Lipinski definition) is 2. The summed E-state index contributed by atoms with van der Waals surface area (Å²) in [5.74, 6) is 0. The molecule has 4 heteroatoms. The molecule has 10 heavy (non-hydrogen) atoms. The van der Waals surface area contributed by atoms with Crippen LogP contribution in [-0.4, -0.2) is 11.5 Å². The summed E-state index contributed by atoms with van der Waals surface area (Å²) < 4.78 is 0. The molecule has 0 aliphatic heterocycles. The zero-order valence-corrected chi connectivity index (χ0v) is 6.53. The van der Waals surface area contributed by atoms with Crippen LogP contribution >= 0.6 is 11.3 Å². The van der Waals surface area contributed by atoms with Gasteiger partial charge in [-0.05, 0) is 6.54 Å². The first-order valence-electron chi connectivity index (χ1n) is 3.20. The fraction of sp³-hybridized carbons (Fsp3) is 0.500. The molecule has 0 unspecified atom stereocenters. The summed E-state index contributed by atoms with van der Waals surface area (Å²) in [7, 11) is 0. The van der Waals surface area contributed by atoms with Gasteiger partial charge < -0.3 is 11.5 Å². The summed E-state index contributed by atoms with van der Waals surface area (Å²) in [6, 6.07) is 0. The number of rotatable bonds is 3. The highest BCUT2D eigenvalue weighted by molar-refractivity contribution is 7.09. The number of aromatic nitrogens is 1. The average molecular weight is 157 g/mol. The Morgan fingerprint density at radius 3 is 2.80 bits per heavy atom. The monoisotopic (exact) mass is 157 g/mol. The molecule has 0 aliphatic carbocycles. The van der Waals surface area contributed by atoms with Crippen molar-refractivity contribution in [2.45, 2.75) is 13.0 Å². The molecule has 0 atom stereocenters. The standard InChI is InChI=1S/C6H11N3S/c7-2-1-5-4-10-6(3-8)9-5/h4H,1-3,7-8H2. The zero-order chi connectivity index (χ0) is 7.40. The van der Waals surface area contributed by atoms with Crippen LogP contribution in [0.25, 0.3) is 0 Å². The molecule has 0 spiro atoms. The zero-order valence-electron chi connectivity index (χ0n) is 5.71. The number of hydrogen-bond acceptors (Lipinski definition) is 4. The van der Waals surface area contributed by atoms with Crippen molar-refractivity contribution in [1.29, 1.82) is 0 Å². The maximum Gasteiger partial charge on any atom is 0.106 e. The lowest BCUT2D eigenvalue weighted by Crippen LogP contribution is -2.03. The van der Waals surface area contributed by atoms with E-state index in [0.29, 0.717) is 13.1 Å². The minimum absolute atomic E-state index is 0.537. The van der Waals surface area contributed by atoms with Gasteiger partial charge in [0.15, 0.2) is 0 Å². The summed E-state index contributed by atoms with van der Waals surface area (Å²) in [4.78, 5) is 4.23. The molecule has 0 aliphatic rings. The third-order valence-corrected chi connectivity index (χ3v) is 2.09. The number of thiazole rings is 1. The molecule has 0 saturated carbocycles. The normalized spacial score (nSPS) is 10.2. The van der Waals surface area contributed by atoms with Gasteiger partial charge in [-0.25, -0.2) is 4.98 Å². The molecule has 0 radical (unpaired) electrons. The molecule has 56 valence electrons. The van der Waals surface area contributed by atoms with Gasteiger partial charge in [-0.15, -0.1) is 11.3 Å². The lowest BCUT2D eigenvalue weighted by atomic mass is 10.3. The molecule has 0 saturated heterocycles. The van der Waals surface area contributed by atoms with E-state index in [1.807, 2.05) is 5.38 Å². The minimum Gasteiger partial charge on any atom is -0.330 e. The molecular formula is C6H11N3S. The lowest BCUT2D eigenvalue weighted by Gasteiger charge is -1.87. The Bertz CT molecular complexity index is 197. The molecule has 1 aromatic heterocycles. The van der Waals surface area contributed by atoms with Gasteiger partial charge in [-0.1, -0.05) is 0 Å². The highest BCUT2D eigenvalue weighted by Crippen LogP contribution is 2.08.